The lowest BCUT2D eigenvalue weighted by Gasteiger charge is -2.26. The van der Waals surface area contributed by atoms with E-state index < -0.39 is 0 Å². The fourth-order valence-corrected chi connectivity index (χ4v) is 3.62. The fourth-order valence-electron chi connectivity index (χ4n) is 3.62. The zero-order valence-corrected chi connectivity index (χ0v) is 17.0. The Morgan fingerprint density at radius 1 is 0.750 bits per heavy atom. The third-order valence-electron chi connectivity index (χ3n) is 4.83. The summed E-state index contributed by atoms with van der Waals surface area (Å²) in [5.41, 5.74) is 6.18. The molecule has 0 saturated heterocycles. The molecule has 0 bridgehead atoms. The van der Waals surface area contributed by atoms with Gasteiger partial charge in [-0.15, -0.1) is 0 Å². The highest BCUT2D eigenvalue weighted by Crippen LogP contribution is 2.36. The van der Waals surface area contributed by atoms with Crippen LogP contribution in [0.3, 0.4) is 0 Å². The molecule has 3 aromatic rings. The Morgan fingerprint density at radius 3 is 1.75 bits per heavy atom. The van der Waals surface area contributed by atoms with Crippen molar-refractivity contribution in [1.82, 2.24) is 4.90 Å². The molecule has 0 heterocycles. The normalized spacial score (nSPS) is 13.0. The van der Waals surface area contributed by atoms with Crippen molar-refractivity contribution < 1.29 is 4.74 Å². The summed E-state index contributed by atoms with van der Waals surface area (Å²) in [5.74, 6) is 0. The highest BCUT2D eigenvalue weighted by molar-refractivity contribution is 5.90. The standard InChI is InChI=1S/C26H29NO/c1-4-28-25(22-16-10-6-11-17-22)20-24(21-14-8-5-9-15-21)26(27(2)3)23-18-12-7-13-19-23/h5-19,25H,4,20H2,1-3H3/b26-24+. The average molecular weight is 372 g/mol. The number of ether oxygens (including phenoxy) is 1. The molecule has 3 rings (SSSR count). The Hall–Kier alpha value is -2.84. The van der Waals surface area contributed by atoms with Gasteiger partial charge in [-0.3, -0.25) is 0 Å². The predicted octanol–water partition coefficient (Wildman–Crippen LogP) is 6.28. The van der Waals surface area contributed by atoms with Crippen LogP contribution in [0.25, 0.3) is 11.3 Å². The van der Waals surface area contributed by atoms with E-state index in [0.717, 1.165) is 6.42 Å². The minimum atomic E-state index is 0.0140. The zero-order chi connectivity index (χ0) is 19.8. The van der Waals surface area contributed by atoms with Gasteiger partial charge in [-0.1, -0.05) is 91.0 Å². The first-order chi connectivity index (χ1) is 13.7. The van der Waals surface area contributed by atoms with Crippen LogP contribution < -0.4 is 0 Å². The minimum absolute atomic E-state index is 0.0140. The highest BCUT2D eigenvalue weighted by Gasteiger charge is 2.20. The first-order valence-corrected chi connectivity index (χ1v) is 9.88. The second-order valence-electron chi connectivity index (χ2n) is 7.01. The lowest BCUT2D eigenvalue weighted by molar-refractivity contribution is 0.0663. The maximum absolute atomic E-state index is 6.19. The number of nitrogens with zero attached hydrogens (tertiary/aromatic N) is 1. The molecule has 0 amide bonds. The van der Waals surface area contributed by atoms with E-state index in [4.69, 9.17) is 4.74 Å². The van der Waals surface area contributed by atoms with E-state index in [9.17, 15) is 0 Å². The molecule has 144 valence electrons. The second kappa shape index (κ2) is 9.91. The lowest BCUT2D eigenvalue weighted by Crippen LogP contribution is -2.14. The number of benzene rings is 3. The Bertz CT molecular complexity index is 870. The SMILES string of the molecule is CCOC(C/C(=C(/c1ccccc1)N(C)C)c1ccccc1)c1ccccc1. The van der Waals surface area contributed by atoms with Crippen LogP contribution in [0, 0.1) is 0 Å². The molecule has 2 heteroatoms. The molecule has 0 aliphatic carbocycles. The molecule has 0 radical (unpaired) electrons. The summed E-state index contributed by atoms with van der Waals surface area (Å²) in [6.07, 6.45) is 0.824. The van der Waals surface area contributed by atoms with Gasteiger partial charge in [0.05, 0.1) is 6.10 Å². The van der Waals surface area contributed by atoms with Gasteiger partial charge in [0.15, 0.2) is 0 Å². The Kier molecular flexibility index (Phi) is 7.05. The lowest BCUT2D eigenvalue weighted by atomic mass is 9.91. The smallest absolute Gasteiger partial charge is 0.0866 e. The molecule has 0 saturated carbocycles. The van der Waals surface area contributed by atoms with Crippen molar-refractivity contribution in [3.63, 3.8) is 0 Å². The van der Waals surface area contributed by atoms with E-state index >= 15 is 0 Å². The van der Waals surface area contributed by atoms with Gasteiger partial charge in [-0.25, -0.2) is 0 Å². The molecule has 0 N–H and O–H groups in total. The van der Waals surface area contributed by atoms with Gasteiger partial charge in [0.25, 0.3) is 0 Å². The van der Waals surface area contributed by atoms with Gasteiger partial charge >= 0.3 is 0 Å². The summed E-state index contributed by atoms with van der Waals surface area (Å²) in [6.45, 7) is 2.75. The van der Waals surface area contributed by atoms with Crippen molar-refractivity contribution in [2.75, 3.05) is 20.7 Å². The summed E-state index contributed by atoms with van der Waals surface area (Å²) in [6, 6.07) is 31.8. The molecule has 1 unspecified atom stereocenters. The van der Waals surface area contributed by atoms with Crippen LogP contribution >= 0.6 is 0 Å². The molecule has 3 aromatic carbocycles. The van der Waals surface area contributed by atoms with Crippen LogP contribution in [0.5, 0.6) is 0 Å². The molecule has 0 aliphatic rings. The van der Waals surface area contributed by atoms with Crippen molar-refractivity contribution in [2.24, 2.45) is 0 Å². The summed E-state index contributed by atoms with van der Waals surface area (Å²) in [5, 5.41) is 0. The maximum atomic E-state index is 6.19. The summed E-state index contributed by atoms with van der Waals surface area (Å²) in [7, 11) is 4.23. The Morgan fingerprint density at radius 2 is 1.25 bits per heavy atom. The summed E-state index contributed by atoms with van der Waals surface area (Å²) in [4.78, 5) is 2.21. The monoisotopic (exact) mass is 371 g/mol. The van der Waals surface area contributed by atoms with Crippen LogP contribution in [0.4, 0.5) is 0 Å². The molecule has 0 aromatic heterocycles. The fraction of sp³-hybridized carbons (Fsp3) is 0.231. The highest BCUT2D eigenvalue weighted by atomic mass is 16.5. The first-order valence-electron chi connectivity index (χ1n) is 9.88. The molecule has 2 nitrogen and oxygen atoms in total. The van der Waals surface area contributed by atoms with Gasteiger partial charge < -0.3 is 9.64 Å². The maximum Gasteiger partial charge on any atom is 0.0866 e. The van der Waals surface area contributed by atoms with Gasteiger partial charge in [-0.05, 0) is 29.2 Å². The van der Waals surface area contributed by atoms with E-state index in [2.05, 4.69) is 117 Å². The van der Waals surface area contributed by atoms with Crippen molar-refractivity contribution >= 4 is 11.3 Å². The van der Waals surface area contributed by atoms with Crippen molar-refractivity contribution in [3.8, 4) is 0 Å². The van der Waals surface area contributed by atoms with E-state index in [0.29, 0.717) is 6.61 Å². The van der Waals surface area contributed by atoms with Gasteiger partial charge in [-0.2, -0.15) is 0 Å². The van der Waals surface area contributed by atoms with Gasteiger partial charge in [0, 0.05) is 32.8 Å². The predicted molar refractivity (Wildman–Crippen MR) is 119 cm³/mol. The topological polar surface area (TPSA) is 12.5 Å². The third-order valence-corrected chi connectivity index (χ3v) is 4.83. The van der Waals surface area contributed by atoms with Crippen LogP contribution in [0.1, 0.15) is 36.1 Å². The van der Waals surface area contributed by atoms with Crippen molar-refractivity contribution in [2.45, 2.75) is 19.4 Å². The number of hydrogen-bond acceptors (Lipinski definition) is 2. The summed E-state index contributed by atoms with van der Waals surface area (Å²) < 4.78 is 6.19. The van der Waals surface area contributed by atoms with E-state index in [1.54, 1.807) is 0 Å². The third kappa shape index (κ3) is 4.90. The van der Waals surface area contributed by atoms with Crippen LogP contribution in [0.15, 0.2) is 91.0 Å². The quantitative estimate of drug-likeness (QED) is 0.432. The van der Waals surface area contributed by atoms with Crippen LogP contribution in [-0.2, 0) is 4.74 Å². The Balaban J connectivity index is 2.13. The minimum Gasteiger partial charge on any atom is -0.377 e. The summed E-state index contributed by atoms with van der Waals surface area (Å²) >= 11 is 0. The van der Waals surface area contributed by atoms with E-state index in [-0.39, 0.29) is 6.10 Å². The molecule has 0 spiro atoms. The van der Waals surface area contributed by atoms with Crippen LogP contribution in [0.2, 0.25) is 0 Å². The number of rotatable bonds is 8. The second-order valence-corrected chi connectivity index (χ2v) is 7.01. The molecule has 0 aliphatic heterocycles. The Labute approximate surface area is 169 Å². The van der Waals surface area contributed by atoms with E-state index in [1.807, 2.05) is 0 Å². The molecular weight excluding hydrogens is 342 g/mol. The molecule has 28 heavy (non-hydrogen) atoms. The first kappa shape index (κ1) is 19.9. The van der Waals surface area contributed by atoms with Crippen LogP contribution in [-0.4, -0.2) is 25.6 Å². The zero-order valence-electron chi connectivity index (χ0n) is 17.0. The van der Waals surface area contributed by atoms with Gasteiger partial charge in [0.2, 0.25) is 0 Å². The van der Waals surface area contributed by atoms with Crippen molar-refractivity contribution in [1.29, 1.82) is 0 Å². The largest absolute Gasteiger partial charge is 0.377 e. The van der Waals surface area contributed by atoms with Crippen molar-refractivity contribution in [3.05, 3.63) is 108 Å². The average Bonchev–Trinajstić information content (AvgIpc) is 2.74. The molecular formula is C26H29NO. The molecule has 0 fully saturated rings. The van der Waals surface area contributed by atoms with E-state index in [1.165, 1.54) is 28.0 Å². The molecule has 1 atom stereocenters. The number of hydrogen-bond donors (Lipinski definition) is 0. The van der Waals surface area contributed by atoms with Gasteiger partial charge in [0.1, 0.15) is 0 Å².